The quantitative estimate of drug-likeness (QED) is 0.597. The number of thiazole rings is 1. The fourth-order valence-electron chi connectivity index (χ4n) is 3.33. The largest absolute Gasteiger partial charge is 0.350 e. The highest BCUT2D eigenvalue weighted by Crippen LogP contribution is 2.21. The molecule has 1 heterocycles. The van der Waals surface area contributed by atoms with Crippen molar-refractivity contribution in [2.45, 2.75) is 47.1 Å². The van der Waals surface area contributed by atoms with Gasteiger partial charge in [0.25, 0.3) is 0 Å². The number of hydrogen-bond donors (Lipinski definition) is 1. The molecule has 162 valence electrons. The predicted octanol–water partition coefficient (Wildman–Crippen LogP) is 4.44. The van der Waals surface area contributed by atoms with Gasteiger partial charge in [-0.2, -0.15) is 0 Å². The minimum Gasteiger partial charge on any atom is -0.350 e. The maximum absolute atomic E-state index is 12.7. The highest BCUT2D eigenvalue weighted by molar-refractivity contribution is 7.14. The molecule has 6 heteroatoms. The third kappa shape index (κ3) is 6.01. The summed E-state index contributed by atoms with van der Waals surface area (Å²) in [4.78, 5) is 31.2. The molecular weight excluding hydrogens is 406 g/mol. The standard InChI is InChI=1S/C25H29N3O2S/c1-16-6-8-18(3)20(10-16)12-23(29)26-14-22-15-31-25(27-22)28(5)24(30)13-21-11-17(2)7-9-19(21)4/h6-11,15H,12-14H2,1-5H3,(H,26,29). The van der Waals surface area contributed by atoms with Crippen LogP contribution in [-0.4, -0.2) is 23.8 Å². The molecule has 31 heavy (non-hydrogen) atoms. The number of likely N-dealkylation sites (N-methyl/N-ethyl adjacent to an activating group) is 1. The molecule has 0 atom stereocenters. The summed E-state index contributed by atoms with van der Waals surface area (Å²) in [5.41, 5.74) is 7.33. The maximum atomic E-state index is 12.7. The number of hydrogen-bond acceptors (Lipinski definition) is 4. The van der Waals surface area contributed by atoms with Crippen LogP contribution in [0.25, 0.3) is 0 Å². The van der Waals surface area contributed by atoms with E-state index in [1.165, 1.54) is 11.3 Å². The van der Waals surface area contributed by atoms with E-state index >= 15 is 0 Å². The second-order valence-corrected chi connectivity index (χ2v) is 8.90. The van der Waals surface area contributed by atoms with E-state index in [1.54, 1.807) is 11.9 Å². The Bertz CT molecular complexity index is 1100. The van der Waals surface area contributed by atoms with Gasteiger partial charge in [0, 0.05) is 12.4 Å². The first-order chi connectivity index (χ1) is 14.7. The van der Waals surface area contributed by atoms with Crippen molar-refractivity contribution in [2.75, 3.05) is 11.9 Å². The number of benzene rings is 2. The second kappa shape index (κ2) is 9.88. The molecule has 2 amide bonds. The van der Waals surface area contributed by atoms with Crippen molar-refractivity contribution < 1.29 is 9.59 Å². The number of rotatable bonds is 7. The van der Waals surface area contributed by atoms with Crippen LogP contribution in [-0.2, 0) is 29.0 Å². The number of anilines is 1. The van der Waals surface area contributed by atoms with Crippen molar-refractivity contribution in [1.29, 1.82) is 0 Å². The highest BCUT2D eigenvalue weighted by atomic mass is 32.1. The number of aromatic nitrogens is 1. The van der Waals surface area contributed by atoms with E-state index < -0.39 is 0 Å². The van der Waals surface area contributed by atoms with Crippen LogP contribution in [0.2, 0.25) is 0 Å². The van der Waals surface area contributed by atoms with Gasteiger partial charge in [-0.25, -0.2) is 4.98 Å². The number of nitrogens with one attached hydrogen (secondary N) is 1. The minimum absolute atomic E-state index is 0.00596. The fraction of sp³-hybridized carbons (Fsp3) is 0.320. The van der Waals surface area contributed by atoms with Crippen LogP contribution in [0.4, 0.5) is 5.13 Å². The maximum Gasteiger partial charge on any atom is 0.232 e. The van der Waals surface area contributed by atoms with Crippen molar-refractivity contribution in [1.82, 2.24) is 10.3 Å². The third-order valence-corrected chi connectivity index (χ3v) is 6.34. The summed E-state index contributed by atoms with van der Waals surface area (Å²) in [5.74, 6) is -0.0452. The molecule has 0 aliphatic heterocycles. The Morgan fingerprint density at radius 2 is 1.52 bits per heavy atom. The van der Waals surface area contributed by atoms with E-state index in [-0.39, 0.29) is 11.8 Å². The van der Waals surface area contributed by atoms with Gasteiger partial charge >= 0.3 is 0 Å². The molecule has 0 aliphatic carbocycles. The summed E-state index contributed by atoms with van der Waals surface area (Å²) < 4.78 is 0. The molecule has 0 saturated heterocycles. The van der Waals surface area contributed by atoms with Crippen LogP contribution in [0, 0.1) is 27.7 Å². The summed E-state index contributed by atoms with van der Waals surface area (Å²) >= 11 is 1.41. The van der Waals surface area contributed by atoms with Gasteiger partial charge in [-0.15, -0.1) is 11.3 Å². The Morgan fingerprint density at radius 3 is 2.13 bits per heavy atom. The second-order valence-electron chi connectivity index (χ2n) is 8.06. The Kier molecular flexibility index (Phi) is 7.23. The van der Waals surface area contributed by atoms with E-state index in [9.17, 15) is 9.59 Å². The summed E-state index contributed by atoms with van der Waals surface area (Å²) in [5, 5.41) is 5.45. The topological polar surface area (TPSA) is 62.3 Å². The fourth-order valence-corrected chi connectivity index (χ4v) is 4.13. The van der Waals surface area contributed by atoms with Crippen LogP contribution in [0.1, 0.15) is 39.1 Å². The molecule has 0 aliphatic rings. The lowest BCUT2D eigenvalue weighted by Gasteiger charge is -2.15. The lowest BCUT2D eigenvalue weighted by Crippen LogP contribution is -2.28. The molecule has 2 aromatic carbocycles. The van der Waals surface area contributed by atoms with Crippen LogP contribution >= 0.6 is 11.3 Å². The number of carbonyl (C=O) groups excluding carboxylic acids is 2. The van der Waals surface area contributed by atoms with Crippen LogP contribution in [0.3, 0.4) is 0 Å². The van der Waals surface area contributed by atoms with Crippen molar-refractivity contribution in [3.63, 3.8) is 0 Å². The summed E-state index contributed by atoms with van der Waals surface area (Å²) in [7, 11) is 1.75. The average Bonchev–Trinajstić information content (AvgIpc) is 3.20. The van der Waals surface area contributed by atoms with Crippen LogP contribution in [0.15, 0.2) is 41.8 Å². The Labute approximate surface area is 188 Å². The summed E-state index contributed by atoms with van der Waals surface area (Å²) in [6, 6.07) is 12.3. The zero-order valence-corrected chi connectivity index (χ0v) is 19.6. The SMILES string of the molecule is Cc1ccc(C)c(CC(=O)NCc2csc(N(C)C(=O)Cc3cc(C)ccc3C)n2)c1. The van der Waals surface area contributed by atoms with Gasteiger partial charge in [0.05, 0.1) is 25.1 Å². The molecule has 0 radical (unpaired) electrons. The lowest BCUT2D eigenvalue weighted by atomic mass is 10.0. The molecular formula is C25H29N3O2S. The lowest BCUT2D eigenvalue weighted by molar-refractivity contribution is -0.120. The highest BCUT2D eigenvalue weighted by Gasteiger charge is 2.16. The molecule has 3 aromatic rings. The van der Waals surface area contributed by atoms with E-state index in [0.29, 0.717) is 24.5 Å². The van der Waals surface area contributed by atoms with Gasteiger partial charge in [-0.1, -0.05) is 47.5 Å². The van der Waals surface area contributed by atoms with Crippen molar-refractivity contribution >= 4 is 28.3 Å². The van der Waals surface area contributed by atoms with E-state index in [1.807, 2.05) is 57.3 Å². The van der Waals surface area contributed by atoms with Crippen LogP contribution in [0.5, 0.6) is 0 Å². The number of amides is 2. The first-order valence-corrected chi connectivity index (χ1v) is 11.2. The molecule has 0 unspecified atom stereocenters. The van der Waals surface area contributed by atoms with Gasteiger partial charge in [-0.3, -0.25) is 14.5 Å². The monoisotopic (exact) mass is 435 g/mol. The summed E-state index contributed by atoms with van der Waals surface area (Å²) in [6.07, 6.45) is 0.685. The first-order valence-electron chi connectivity index (χ1n) is 10.3. The summed E-state index contributed by atoms with van der Waals surface area (Å²) in [6.45, 7) is 8.43. The molecule has 3 rings (SSSR count). The van der Waals surface area contributed by atoms with Crippen molar-refractivity contribution in [3.8, 4) is 0 Å². The van der Waals surface area contributed by atoms with Gasteiger partial charge in [0.15, 0.2) is 5.13 Å². The van der Waals surface area contributed by atoms with E-state index in [4.69, 9.17) is 0 Å². The first kappa shape index (κ1) is 22.7. The van der Waals surface area contributed by atoms with E-state index in [2.05, 4.69) is 22.4 Å². The van der Waals surface area contributed by atoms with Crippen LogP contribution < -0.4 is 10.2 Å². The molecule has 0 spiro atoms. The molecule has 0 bridgehead atoms. The molecule has 1 N–H and O–H groups in total. The number of aryl methyl sites for hydroxylation is 4. The Hall–Kier alpha value is -2.99. The van der Waals surface area contributed by atoms with Gasteiger partial charge < -0.3 is 5.32 Å². The van der Waals surface area contributed by atoms with Gasteiger partial charge in [0.2, 0.25) is 11.8 Å². The van der Waals surface area contributed by atoms with Gasteiger partial charge in [0.1, 0.15) is 0 Å². The average molecular weight is 436 g/mol. The molecule has 0 fully saturated rings. The molecule has 0 saturated carbocycles. The smallest absolute Gasteiger partial charge is 0.232 e. The molecule has 5 nitrogen and oxygen atoms in total. The third-order valence-electron chi connectivity index (χ3n) is 5.37. The number of nitrogens with zero attached hydrogens (tertiary/aromatic N) is 2. The van der Waals surface area contributed by atoms with Crippen molar-refractivity contribution in [2.24, 2.45) is 0 Å². The normalized spacial score (nSPS) is 10.7. The molecule has 1 aromatic heterocycles. The number of carbonyl (C=O) groups is 2. The van der Waals surface area contributed by atoms with Gasteiger partial charge in [-0.05, 0) is 49.9 Å². The van der Waals surface area contributed by atoms with Crippen molar-refractivity contribution in [3.05, 3.63) is 80.9 Å². The predicted molar refractivity (Wildman–Crippen MR) is 127 cm³/mol. The Morgan fingerprint density at radius 1 is 0.935 bits per heavy atom. The minimum atomic E-state index is -0.0393. The Balaban J connectivity index is 1.56. The van der Waals surface area contributed by atoms with E-state index in [0.717, 1.165) is 39.1 Å². The zero-order valence-electron chi connectivity index (χ0n) is 18.8. The zero-order chi connectivity index (χ0) is 22.5.